The Morgan fingerprint density at radius 3 is 2.70 bits per heavy atom. The summed E-state index contributed by atoms with van der Waals surface area (Å²) in [5, 5.41) is 7.54. The SMILES string of the molecule is CO/N=C(/C(=O)N[C@@H]1C(=O)N(S(=O)(=O)O)[C@@H]1C)c1csc(N)n1. The standard InChI is InChI=1S/C10H13N5O6S2/c1-4-6(9(17)15(4)23(18,19)20)13-8(16)7(14-21-2)5-3-22-10(11)12-5/h3-4,6H,1-2H3,(H2,11,12)(H,13,16)(H,18,19,20)/b14-7+/t4-,6+/m1/s1. The average molecular weight is 363 g/mol. The lowest BCUT2D eigenvalue weighted by molar-refractivity contribution is -0.143. The summed E-state index contributed by atoms with van der Waals surface area (Å²) in [5.74, 6) is -1.75. The monoisotopic (exact) mass is 363 g/mol. The maximum absolute atomic E-state index is 12.2. The van der Waals surface area contributed by atoms with Gasteiger partial charge in [-0.1, -0.05) is 5.16 Å². The highest BCUT2D eigenvalue weighted by atomic mass is 32.2. The second-order valence-electron chi connectivity index (χ2n) is 4.50. The number of thiazole rings is 1. The Hall–Kier alpha value is -2.25. The van der Waals surface area contributed by atoms with Crippen molar-refractivity contribution in [2.75, 3.05) is 12.8 Å². The van der Waals surface area contributed by atoms with Crippen LogP contribution < -0.4 is 11.1 Å². The summed E-state index contributed by atoms with van der Waals surface area (Å²) < 4.78 is 31.2. The first-order valence-corrected chi connectivity index (χ1v) is 8.38. The number of carbonyl (C=O) groups excluding carboxylic acids is 2. The van der Waals surface area contributed by atoms with Gasteiger partial charge >= 0.3 is 10.3 Å². The van der Waals surface area contributed by atoms with Crippen LogP contribution in [0.5, 0.6) is 0 Å². The maximum Gasteiger partial charge on any atom is 0.362 e. The lowest BCUT2D eigenvalue weighted by Gasteiger charge is -2.42. The summed E-state index contributed by atoms with van der Waals surface area (Å²) in [7, 11) is -3.44. The van der Waals surface area contributed by atoms with Crippen molar-refractivity contribution in [2.45, 2.75) is 19.0 Å². The first-order valence-electron chi connectivity index (χ1n) is 6.11. The number of hydrogen-bond donors (Lipinski definition) is 3. The number of nitrogens with one attached hydrogen (secondary N) is 1. The van der Waals surface area contributed by atoms with Gasteiger partial charge in [-0.05, 0) is 6.92 Å². The highest BCUT2D eigenvalue weighted by Crippen LogP contribution is 2.23. The van der Waals surface area contributed by atoms with Crippen LogP contribution in [0.25, 0.3) is 0 Å². The number of anilines is 1. The summed E-state index contributed by atoms with van der Waals surface area (Å²) in [6.07, 6.45) is 0. The molecule has 1 aromatic heterocycles. The molecule has 1 aliphatic heterocycles. The molecule has 0 unspecified atom stereocenters. The number of nitrogen functional groups attached to an aromatic ring is 1. The van der Waals surface area contributed by atoms with E-state index in [-0.39, 0.29) is 20.8 Å². The van der Waals surface area contributed by atoms with Gasteiger partial charge in [0, 0.05) is 5.38 Å². The first-order chi connectivity index (χ1) is 10.7. The van der Waals surface area contributed by atoms with Gasteiger partial charge in [-0.2, -0.15) is 8.42 Å². The number of hydrogen-bond acceptors (Lipinski definition) is 9. The number of carbonyl (C=O) groups is 2. The molecule has 1 aliphatic rings. The summed E-state index contributed by atoms with van der Waals surface area (Å²) in [4.78, 5) is 32.4. The number of nitrogens with two attached hydrogens (primary N) is 1. The van der Waals surface area contributed by atoms with Crippen molar-refractivity contribution in [3.8, 4) is 0 Å². The number of aromatic nitrogens is 1. The zero-order chi connectivity index (χ0) is 17.4. The number of β-lactam (4-membered cyclic amide) rings is 1. The van der Waals surface area contributed by atoms with Gasteiger partial charge in [0.15, 0.2) is 10.8 Å². The second-order valence-corrected chi connectivity index (χ2v) is 6.68. The largest absolute Gasteiger partial charge is 0.398 e. The summed E-state index contributed by atoms with van der Waals surface area (Å²) in [6.45, 7) is 1.36. The first kappa shape index (κ1) is 17.1. The zero-order valence-electron chi connectivity index (χ0n) is 12.0. The topological polar surface area (TPSA) is 164 Å². The Bertz CT molecular complexity index is 772. The average Bonchev–Trinajstić information content (AvgIpc) is 2.86. The van der Waals surface area contributed by atoms with Crippen molar-refractivity contribution in [3.05, 3.63) is 11.1 Å². The number of oxime groups is 1. The van der Waals surface area contributed by atoms with Gasteiger partial charge < -0.3 is 15.9 Å². The lowest BCUT2D eigenvalue weighted by atomic mass is 10.0. The van der Waals surface area contributed by atoms with Gasteiger partial charge in [0.05, 0.1) is 6.04 Å². The molecule has 126 valence electrons. The Morgan fingerprint density at radius 2 is 2.26 bits per heavy atom. The molecule has 11 nitrogen and oxygen atoms in total. The van der Waals surface area contributed by atoms with E-state index in [1.54, 1.807) is 0 Å². The van der Waals surface area contributed by atoms with Crippen LogP contribution in [0.3, 0.4) is 0 Å². The van der Waals surface area contributed by atoms with Crippen molar-refractivity contribution >= 4 is 44.3 Å². The normalized spacial score (nSPS) is 21.8. The van der Waals surface area contributed by atoms with E-state index >= 15 is 0 Å². The molecule has 2 heterocycles. The fourth-order valence-corrected chi connectivity index (χ4v) is 3.44. The minimum atomic E-state index is -4.66. The molecule has 2 atom stereocenters. The molecule has 1 fully saturated rings. The van der Waals surface area contributed by atoms with Gasteiger partial charge in [-0.25, -0.2) is 9.29 Å². The second kappa shape index (κ2) is 6.10. The van der Waals surface area contributed by atoms with Crippen LogP contribution in [0.15, 0.2) is 10.5 Å². The van der Waals surface area contributed by atoms with E-state index in [0.717, 1.165) is 11.3 Å². The van der Waals surface area contributed by atoms with E-state index in [2.05, 4.69) is 20.3 Å². The van der Waals surface area contributed by atoms with Crippen molar-refractivity contribution < 1.29 is 27.4 Å². The predicted molar refractivity (Wildman–Crippen MR) is 79.9 cm³/mol. The fourth-order valence-electron chi connectivity index (χ4n) is 2.01. The van der Waals surface area contributed by atoms with E-state index in [0.29, 0.717) is 0 Å². The van der Waals surface area contributed by atoms with Crippen LogP contribution in [-0.4, -0.2) is 59.0 Å². The van der Waals surface area contributed by atoms with E-state index in [4.69, 9.17) is 10.3 Å². The van der Waals surface area contributed by atoms with Crippen LogP contribution >= 0.6 is 11.3 Å². The molecule has 0 aromatic carbocycles. The summed E-state index contributed by atoms with van der Waals surface area (Å²) >= 11 is 1.08. The van der Waals surface area contributed by atoms with Crippen LogP contribution in [0, 0.1) is 0 Å². The molecule has 0 aliphatic carbocycles. The Morgan fingerprint density at radius 1 is 1.61 bits per heavy atom. The molecule has 0 bridgehead atoms. The molecule has 0 spiro atoms. The summed E-state index contributed by atoms with van der Waals surface area (Å²) in [6, 6.07) is -2.06. The predicted octanol–water partition coefficient (Wildman–Crippen LogP) is -1.41. The van der Waals surface area contributed by atoms with Crippen molar-refractivity contribution in [3.63, 3.8) is 0 Å². The van der Waals surface area contributed by atoms with Gasteiger partial charge in [-0.3, -0.25) is 14.1 Å². The van der Waals surface area contributed by atoms with E-state index in [9.17, 15) is 18.0 Å². The number of nitrogens with zero attached hydrogens (tertiary/aromatic N) is 3. The van der Waals surface area contributed by atoms with Gasteiger partial charge in [0.25, 0.3) is 11.8 Å². The highest BCUT2D eigenvalue weighted by Gasteiger charge is 2.51. The van der Waals surface area contributed by atoms with Crippen LogP contribution in [-0.2, 0) is 24.7 Å². The van der Waals surface area contributed by atoms with Crippen molar-refractivity contribution in [1.82, 2.24) is 14.6 Å². The Kier molecular flexibility index (Phi) is 4.53. The molecular formula is C10H13N5O6S2. The van der Waals surface area contributed by atoms with Crippen LogP contribution in [0.1, 0.15) is 12.6 Å². The lowest BCUT2D eigenvalue weighted by Crippen LogP contribution is -2.71. The molecule has 13 heteroatoms. The molecule has 2 amide bonds. The van der Waals surface area contributed by atoms with Crippen LogP contribution in [0.4, 0.5) is 5.13 Å². The maximum atomic E-state index is 12.2. The molecule has 2 rings (SSSR count). The van der Waals surface area contributed by atoms with Crippen molar-refractivity contribution in [1.29, 1.82) is 0 Å². The molecule has 0 saturated carbocycles. The third-order valence-electron chi connectivity index (χ3n) is 3.03. The highest BCUT2D eigenvalue weighted by molar-refractivity contribution is 7.84. The molecule has 4 N–H and O–H groups in total. The smallest absolute Gasteiger partial charge is 0.362 e. The number of amides is 2. The molecule has 1 aromatic rings. The van der Waals surface area contributed by atoms with Crippen molar-refractivity contribution in [2.24, 2.45) is 5.16 Å². The molecule has 1 saturated heterocycles. The molecule has 23 heavy (non-hydrogen) atoms. The minimum absolute atomic E-state index is 0.151. The van der Waals surface area contributed by atoms with E-state index in [1.807, 2.05) is 0 Å². The molecule has 0 radical (unpaired) electrons. The quantitative estimate of drug-likeness (QED) is 0.248. The summed E-state index contributed by atoms with van der Waals surface area (Å²) in [5.41, 5.74) is 5.42. The minimum Gasteiger partial charge on any atom is -0.398 e. The third-order valence-corrected chi connectivity index (χ3v) is 4.72. The zero-order valence-corrected chi connectivity index (χ0v) is 13.6. The van der Waals surface area contributed by atoms with Gasteiger partial charge in [-0.15, -0.1) is 11.3 Å². The number of rotatable bonds is 5. The third kappa shape index (κ3) is 3.25. The van der Waals surface area contributed by atoms with Crippen LogP contribution in [0.2, 0.25) is 0 Å². The van der Waals surface area contributed by atoms with Gasteiger partial charge in [0.2, 0.25) is 0 Å². The van der Waals surface area contributed by atoms with Gasteiger partial charge in [0.1, 0.15) is 18.8 Å². The Balaban J connectivity index is 2.15. The van der Waals surface area contributed by atoms with E-state index in [1.165, 1.54) is 19.4 Å². The molecular weight excluding hydrogens is 350 g/mol. The fraction of sp³-hybridized carbons (Fsp3) is 0.400. The van der Waals surface area contributed by atoms with E-state index < -0.39 is 34.2 Å². The Labute approximate surface area is 135 Å².